The van der Waals surface area contributed by atoms with Gasteiger partial charge in [0.1, 0.15) is 5.52 Å². The molecule has 3 aromatic heterocycles. The Kier molecular flexibility index (Phi) is 2.45. The normalized spacial score (nSPS) is 10.9. The molecule has 0 aliphatic heterocycles. The van der Waals surface area contributed by atoms with E-state index in [1.807, 2.05) is 17.6 Å². The molecule has 3 aromatic rings. The highest BCUT2D eigenvalue weighted by Gasteiger charge is 2.14. The molecule has 0 unspecified atom stereocenters. The van der Waals surface area contributed by atoms with E-state index in [-0.39, 0.29) is 0 Å². The second-order valence-electron chi connectivity index (χ2n) is 3.39. The lowest BCUT2D eigenvalue weighted by molar-refractivity contribution is 0.402. The Labute approximate surface area is 106 Å². The second-order valence-corrected chi connectivity index (χ2v) is 5.37. The molecular weight excluding hydrogens is 254 g/mol. The van der Waals surface area contributed by atoms with E-state index in [1.165, 1.54) is 11.3 Å². The van der Waals surface area contributed by atoms with Gasteiger partial charge in [0, 0.05) is 16.6 Å². The number of ether oxygens (including phenoxy) is 1. The largest absolute Gasteiger partial charge is 0.479 e. The number of pyridine rings is 1. The molecule has 2 N–H and O–H groups in total. The molecular formula is C11H9N3OS2. The summed E-state index contributed by atoms with van der Waals surface area (Å²) in [5, 5.41) is 2.57. The number of nitrogen functional groups attached to an aromatic ring is 1. The van der Waals surface area contributed by atoms with Crippen molar-refractivity contribution in [3.05, 3.63) is 23.7 Å². The van der Waals surface area contributed by atoms with Gasteiger partial charge in [-0.2, -0.15) is 0 Å². The van der Waals surface area contributed by atoms with Crippen LogP contribution in [-0.4, -0.2) is 17.1 Å². The zero-order valence-electron chi connectivity index (χ0n) is 9.01. The minimum atomic E-state index is 0.522. The Morgan fingerprint density at radius 3 is 3.00 bits per heavy atom. The molecule has 0 saturated carbocycles. The van der Waals surface area contributed by atoms with Crippen LogP contribution in [0.25, 0.3) is 20.7 Å². The van der Waals surface area contributed by atoms with E-state index in [2.05, 4.69) is 16.0 Å². The molecule has 0 fully saturated rings. The average Bonchev–Trinajstić information content (AvgIpc) is 2.95. The maximum Gasteiger partial charge on any atom is 0.241 e. The molecule has 0 spiro atoms. The molecule has 4 nitrogen and oxygen atoms in total. The fourth-order valence-electron chi connectivity index (χ4n) is 1.66. The van der Waals surface area contributed by atoms with Crippen molar-refractivity contribution in [2.45, 2.75) is 0 Å². The average molecular weight is 263 g/mol. The van der Waals surface area contributed by atoms with Gasteiger partial charge in [-0.05, 0) is 11.4 Å². The number of thiophene rings is 1. The minimum absolute atomic E-state index is 0.522. The van der Waals surface area contributed by atoms with Crippen molar-refractivity contribution < 1.29 is 4.74 Å². The van der Waals surface area contributed by atoms with E-state index >= 15 is 0 Å². The summed E-state index contributed by atoms with van der Waals surface area (Å²) in [5.41, 5.74) is 7.56. The number of fused-ring (bicyclic) bond motifs is 1. The van der Waals surface area contributed by atoms with Gasteiger partial charge in [0.15, 0.2) is 5.13 Å². The third-order valence-electron chi connectivity index (χ3n) is 2.38. The number of methoxy groups -OCH3 is 1. The van der Waals surface area contributed by atoms with Crippen LogP contribution < -0.4 is 10.5 Å². The molecule has 0 bridgehead atoms. The summed E-state index contributed by atoms with van der Waals surface area (Å²) in [6.45, 7) is 0. The van der Waals surface area contributed by atoms with Crippen LogP contribution in [0.3, 0.4) is 0 Å². The van der Waals surface area contributed by atoms with Crippen LogP contribution in [0.15, 0.2) is 23.7 Å². The van der Waals surface area contributed by atoms with Gasteiger partial charge in [-0.1, -0.05) is 17.4 Å². The van der Waals surface area contributed by atoms with Crippen LogP contribution in [0.5, 0.6) is 5.88 Å². The lowest BCUT2D eigenvalue weighted by Gasteiger charge is -2.02. The van der Waals surface area contributed by atoms with E-state index in [4.69, 9.17) is 10.5 Å². The third-order valence-corrected chi connectivity index (χ3v) is 4.20. The zero-order valence-corrected chi connectivity index (χ0v) is 10.6. The topological polar surface area (TPSA) is 61.0 Å². The smallest absolute Gasteiger partial charge is 0.241 e. The van der Waals surface area contributed by atoms with Crippen molar-refractivity contribution in [1.82, 2.24) is 9.97 Å². The summed E-state index contributed by atoms with van der Waals surface area (Å²) >= 11 is 3.13. The first-order chi connectivity index (χ1) is 8.29. The van der Waals surface area contributed by atoms with Crippen molar-refractivity contribution >= 4 is 38.0 Å². The first kappa shape index (κ1) is 10.5. The fourth-order valence-corrected chi connectivity index (χ4v) is 3.32. The molecule has 3 rings (SSSR count). The number of hydrogen-bond donors (Lipinski definition) is 1. The summed E-state index contributed by atoms with van der Waals surface area (Å²) < 4.78 is 6.22. The fraction of sp³-hybridized carbons (Fsp3) is 0.0909. The molecule has 0 aliphatic rings. The Balaban J connectivity index is 2.34. The van der Waals surface area contributed by atoms with E-state index in [0.29, 0.717) is 11.0 Å². The van der Waals surface area contributed by atoms with Crippen molar-refractivity contribution in [3.63, 3.8) is 0 Å². The molecule has 0 saturated heterocycles. The number of nitrogens with zero attached hydrogens (tertiary/aromatic N) is 2. The lowest BCUT2D eigenvalue weighted by Crippen LogP contribution is -1.90. The summed E-state index contributed by atoms with van der Waals surface area (Å²) in [6.07, 6.45) is 1.81. The number of nitrogens with two attached hydrogens (primary N) is 1. The van der Waals surface area contributed by atoms with Crippen LogP contribution in [-0.2, 0) is 0 Å². The van der Waals surface area contributed by atoms with Crippen LogP contribution in [0, 0.1) is 0 Å². The molecule has 86 valence electrons. The van der Waals surface area contributed by atoms with Crippen molar-refractivity contribution in [2.24, 2.45) is 0 Å². The number of rotatable bonds is 2. The van der Waals surface area contributed by atoms with Gasteiger partial charge in [0.05, 0.1) is 11.8 Å². The molecule has 0 amide bonds. The maximum atomic E-state index is 5.76. The van der Waals surface area contributed by atoms with Crippen LogP contribution in [0.2, 0.25) is 0 Å². The van der Waals surface area contributed by atoms with Crippen LogP contribution in [0.4, 0.5) is 5.13 Å². The monoisotopic (exact) mass is 263 g/mol. The summed E-state index contributed by atoms with van der Waals surface area (Å²) in [6, 6.07) is 4.07. The Morgan fingerprint density at radius 1 is 1.41 bits per heavy atom. The predicted molar refractivity (Wildman–Crippen MR) is 71.7 cm³/mol. The number of anilines is 1. The van der Waals surface area contributed by atoms with Gasteiger partial charge < -0.3 is 10.5 Å². The molecule has 0 aromatic carbocycles. The van der Waals surface area contributed by atoms with Gasteiger partial charge in [0.2, 0.25) is 5.88 Å². The van der Waals surface area contributed by atoms with E-state index in [9.17, 15) is 0 Å². The van der Waals surface area contributed by atoms with Crippen molar-refractivity contribution in [2.75, 3.05) is 12.8 Å². The molecule has 0 aliphatic carbocycles. The predicted octanol–water partition coefficient (Wildman–Crippen LogP) is 3.01. The Hall–Kier alpha value is -1.66. The maximum absolute atomic E-state index is 5.76. The van der Waals surface area contributed by atoms with E-state index < -0.39 is 0 Å². The standard InChI is InChI=1S/C11H9N3OS2/c1-15-10-8-9(17-11(12)14-8)6(5-13-10)7-3-2-4-16-7/h2-5H,1H3,(H2,12,14). The SMILES string of the molecule is COc1ncc(-c2cccs2)c2sc(N)nc12. The summed E-state index contributed by atoms with van der Waals surface area (Å²) in [7, 11) is 1.59. The van der Waals surface area contributed by atoms with Crippen molar-refractivity contribution in [3.8, 4) is 16.3 Å². The summed E-state index contributed by atoms with van der Waals surface area (Å²) in [5.74, 6) is 0.522. The second kappa shape index (κ2) is 3.97. The van der Waals surface area contributed by atoms with E-state index in [1.54, 1.807) is 18.4 Å². The van der Waals surface area contributed by atoms with Gasteiger partial charge in [-0.25, -0.2) is 9.97 Å². The molecule has 0 radical (unpaired) electrons. The van der Waals surface area contributed by atoms with Crippen LogP contribution >= 0.6 is 22.7 Å². The minimum Gasteiger partial charge on any atom is -0.479 e. The number of aromatic nitrogens is 2. The zero-order chi connectivity index (χ0) is 11.8. The van der Waals surface area contributed by atoms with Gasteiger partial charge >= 0.3 is 0 Å². The number of thiazole rings is 1. The lowest BCUT2D eigenvalue weighted by atomic mass is 10.2. The Morgan fingerprint density at radius 2 is 2.29 bits per heavy atom. The first-order valence-electron chi connectivity index (χ1n) is 4.92. The van der Waals surface area contributed by atoms with Gasteiger partial charge in [0.25, 0.3) is 0 Å². The van der Waals surface area contributed by atoms with Crippen LogP contribution in [0.1, 0.15) is 0 Å². The number of hydrogen-bond acceptors (Lipinski definition) is 6. The first-order valence-corrected chi connectivity index (χ1v) is 6.62. The Bertz CT molecular complexity index is 661. The van der Waals surface area contributed by atoms with E-state index in [0.717, 1.165) is 20.7 Å². The quantitative estimate of drug-likeness (QED) is 0.772. The summed E-state index contributed by atoms with van der Waals surface area (Å²) in [4.78, 5) is 9.70. The van der Waals surface area contributed by atoms with Gasteiger partial charge in [-0.3, -0.25) is 0 Å². The highest BCUT2D eigenvalue weighted by Crippen LogP contribution is 2.38. The molecule has 17 heavy (non-hydrogen) atoms. The van der Waals surface area contributed by atoms with Gasteiger partial charge in [-0.15, -0.1) is 11.3 Å². The highest BCUT2D eigenvalue weighted by atomic mass is 32.1. The third kappa shape index (κ3) is 1.65. The highest BCUT2D eigenvalue weighted by molar-refractivity contribution is 7.23. The molecule has 3 heterocycles. The molecule has 0 atom stereocenters. The van der Waals surface area contributed by atoms with Crippen molar-refractivity contribution in [1.29, 1.82) is 0 Å². The molecule has 6 heteroatoms.